The summed E-state index contributed by atoms with van der Waals surface area (Å²) in [6.45, 7) is 5.96. The van der Waals surface area contributed by atoms with Gasteiger partial charge in [0.2, 0.25) is 5.91 Å². The molecule has 2 rings (SSSR count). The molecular weight excluding hydrogens is 391 g/mol. The van der Waals surface area contributed by atoms with Crippen LogP contribution in [0.3, 0.4) is 0 Å². The zero-order valence-corrected chi connectivity index (χ0v) is 16.6. The minimum atomic E-state index is -1.69. The van der Waals surface area contributed by atoms with Crippen LogP contribution >= 0.6 is 0 Å². The van der Waals surface area contributed by atoms with E-state index in [1.165, 1.54) is 9.80 Å². The summed E-state index contributed by atoms with van der Waals surface area (Å²) in [6, 6.07) is 1.60. The average Bonchev–Trinajstić information content (AvgIpc) is 2.64. The lowest BCUT2D eigenvalue weighted by atomic mass is 10.1. The molecule has 0 saturated carbocycles. The first kappa shape index (κ1) is 22.5. The van der Waals surface area contributed by atoms with Crippen molar-refractivity contribution in [3.63, 3.8) is 0 Å². The molecule has 160 valence electrons. The molecule has 1 heterocycles. The molecule has 0 aliphatic carbocycles. The quantitative estimate of drug-likeness (QED) is 0.766. The van der Waals surface area contributed by atoms with Gasteiger partial charge >= 0.3 is 6.09 Å². The van der Waals surface area contributed by atoms with Crippen molar-refractivity contribution in [2.45, 2.75) is 32.8 Å². The second-order valence-electron chi connectivity index (χ2n) is 7.57. The molecule has 1 aliphatic rings. The van der Waals surface area contributed by atoms with Gasteiger partial charge in [-0.05, 0) is 32.9 Å². The number of nitrogens with one attached hydrogen (secondary N) is 1. The normalized spacial score (nSPS) is 14.6. The SMILES string of the molecule is CC(C)(C)OC(=O)NCCC(=O)N1CCN(C(=O)c2ccc(F)c(F)c2F)CC1. The Balaban J connectivity index is 1.81. The number of amides is 3. The minimum absolute atomic E-state index is 0.0605. The summed E-state index contributed by atoms with van der Waals surface area (Å²) in [7, 11) is 0. The Morgan fingerprint density at radius 1 is 1.00 bits per heavy atom. The zero-order valence-electron chi connectivity index (χ0n) is 16.6. The van der Waals surface area contributed by atoms with Crippen molar-refractivity contribution in [1.82, 2.24) is 15.1 Å². The minimum Gasteiger partial charge on any atom is -0.444 e. The Kier molecular flexibility index (Phi) is 7.10. The van der Waals surface area contributed by atoms with Gasteiger partial charge in [-0.1, -0.05) is 0 Å². The second kappa shape index (κ2) is 9.15. The summed E-state index contributed by atoms with van der Waals surface area (Å²) in [5.74, 6) is -5.56. The van der Waals surface area contributed by atoms with Crippen molar-refractivity contribution in [2.24, 2.45) is 0 Å². The number of ether oxygens (including phenoxy) is 1. The van der Waals surface area contributed by atoms with Gasteiger partial charge in [0.25, 0.3) is 5.91 Å². The first-order chi connectivity index (χ1) is 13.5. The Morgan fingerprint density at radius 3 is 2.17 bits per heavy atom. The van der Waals surface area contributed by atoms with Crippen LogP contribution in [-0.2, 0) is 9.53 Å². The molecule has 29 heavy (non-hydrogen) atoms. The summed E-state index contributed by atoms with van der Waals surface area (Å²) in [5.41, 5.74) is -1.19. The maximum atomic E-state index is 13.8. The fourth-order valence-electron chi connectivity index (χ4n) is 2.76. The van der Waals surface area contributed by atoms with Gasteiger partial charge in [0.05, 0.1) is 5.56 Å². The summed E-state index contributed by atoms with van der Waals surface area (Å²) >= 11 is 0. The molecule has 0 bridgehead atoms. The van der Waals surface area contributed by atoms with Gasteiger partial charge in [-0.15, -0.1) is 0 Å². The standard InChI is InChI=1S/C19H24F3N3O4/c1-19(2,3)29-18(28)23-7-6-14(26)24-8-10-25(11-9-24)17(27)12-4-5-13(20)16(22)15(12)21/h4-5H,6-11H2,1-3H3,(H,23,28). The number of hydrogen-bond acceptors (Lipinski definition) is 4. The average molecular weight is 415 g/mol. The molecule has 3 amide bonds. The van der Waals surface area contributed by atoms with E-state index in [0.717, 1.165) is 6.07 Å². The van der Waals surface area contributed by atoms with Crippen molar-refractivity contribution < 1.29 is 32.3 Å². The van der Waals surface area contributed by atoms with E-state index in [-0.39, 0.29) is 45.1 Å². The lowest BCUT2D eigenvalue weighted by molar-refractivity contribution is -0.132. The fraction of sp³-hybridized carbons (Fsp3) is 0.526. The van der Waals surface area contributed by atoms with Gasteiger partial charge in [0.1, 0.15) is 5.60 Å². The van der Waals surface area contributed by atoms with Gasteiger partial charge in [-0.3, -0.25) is 9.59 Å². The van der Waals surface area contributed by atoms with E-state index in [2.05, 4.69) is 5.32 Å². The Morgan fingerprint density at radius 2 is 1.59 bits per heavy atom. The van der Waals surface area contributed by atoms with Crippen molar-refractivity contribution >= 4 is 17.9 Å². The molecule has 0 aromatic heterocycles. The van der Waals surface area contributed by atoms with Crippen LogP contribution < -0.4 is 5.32 Å². The van der Waals surface area contributed by atoms with E-state index in [4.69, 9.17) is 4.74 Å². The molecule has 1 aliphatic heterocycles. The van der Waals surface area contributed by atoms with Gasteiger partial charge in [-0.25, -0.2) is 18.0 Å². The number of piperazine rings is 1. The lowest BCUT2D eigenvalue weighted by Gasteiger charge is -2.35. The smallest absolute Gasteiger partial charge is 0.407 e. The third-order valence-corrected chi connectivity index (χ3v) is 4.19. The molecule has 1 aromatic rings. The van der Waals surface area contributed by atoms with Crippen molar-refractivity contribution in [3.05, 3.63) is 35.1 Å². The molecule has 7 nitrogen and oxygen atoms in total. The maximum Gasteiger partial charge on any atom is 0.407 e. The van der Waals surface area contributed by atoms with Crippen LogP contribution in [0, 0.1) is 17.5 Å². The van der Waals surface area contributed by atoms with E-state index in [9.17, 15) is 27.6 Å². The maximum absolute atomic E-state index is 13.8. The monoisotopic (exact) mass is 415 g/mol. The summed E-state index contributed by atoms with van der Waals surface area (Å²) < 4.78 is 45.2. The molecule has 10 heteroatoms. The molecule has 1 N–H and O–H groups in total. The van der Waals surface area contributed by atoms with Gasteiger partial charge < -0.3 is 19.9 Å². The number of halogens is 3. The topological polar surface area (TPSA) is 79.0 Å². The summed E-state index contributed by atoms with van der Waals surface area (Å²) in [6.07, 6.45) is -0.556. The predicted octanol–water partition coefficient (Wildman–Crippen LogP) is 2.30. The fourth-order valence-corrected chi connectivity index (χ4v) is 2.76. The van der Waals surface area contributed by atoms with Crippen LogP contribution in [0.2, 0.25) is 0 Å². The molecule has 0 unspecified atom stereocenters. The van der Waals surface area contributed by atoms with Crippen molar-refractivity contribution in [3.8, 4) is 0 Å². The predicted molar refractivity (Wildman–Crippen MR) is 97.7 cm³/mol. The van der Waals surface area contributed by atoms with Crippen LogP contribution in [0.25, 0.3) is 0 Å². The number of rotatable bonds is 4. The second-order valence-corrected chi connectivity index (χ2v) is 7.57. The van der Waals surface area contributed by atoms with E-state index >= 15 is 0 Å². The molecule has 0 spiro atoms. The lowest BCUT2D eigenvalue weighted by Crippen LogP contribution is -2.51. The van der Waals surface area contributed by atoms with Crippen molar-refractivity contribution in [1.29, 1.82) is 0 Å². The number of carbonyl (C=O) groups is 3. The number of carbonyl (C=O) groups excluding carboxylic acids is 3. The van der Waals surface area contributed by atoms with Gasteiger partial charge in [0, 0.05) is 39.1 Å². The van der Waals surface area contributed by atoms with Gasteiger partial charge in [-0.2, -0.15) is 0 Å². The number of hydrogen-bond donors (Lipinski definition) is 1. The first-order valence-corrected chi connectivity index (χ1v) is 9.17. The van der Waals surface area contributed by atoms with Crippen LogP contribution in [-0.4, -0.2) is 66.0 Å². The summed E-state index contributed by atoms with van der Waals surface area (Å²) in [5, 5.41) is 2.49. The van der Waals surface area contributed by atoms with Crippen molar-refractivity contribution in [2.75, 3.05) is 32.7 Å². The Bertz CT molecular complexity index is 788. The van der Waals surface area contributed by atoms with Crippen LogP contribution in [0.1, 0.15) is 37.6 Å². The molecule has 1 fully saturated rings. The largest absolute Gasteiger partial charge is 0.444 e. The van der Waals surface area contributed by atoms with Crippen LogP contribution in [0.4, 0.5) is 18.0 Å². The number of benzene rings is 1. The van der Waals surface area contributed by atoms with E-state index in [0.29, 0.717) is 6.07 Å². The Hall–Kier alpha value is -2.78. The van der Waals surface area contributed by atoms with Crippen LogP contribution in [0.5, 0.6) is 0 Å². The van der Waals surface area contributed by atoms with E-state index < -0.39 is 40.6 Å². The van der Waals surface area contributed by atoms with E-state index in [1.54, 1.807) is 20.8 Å². The highest BCUT2D eigenvalue weighted by Crippen LogP contribution is 2.18. The third kappa shape index (κ3) is 6.10. The first-order valence-electron chi connectivity index (χ1n) is 9.17. The molecule has 0 atom stereocenters. The van der Waals surface area contributed by atoms with Gasteiger partial charge in [0.15, 0.2) is 17.5 Å². The highest BCUT2D eigenvalue weighted by molar-refractivity contribution is 5.94. The number of nitrogens with zero attached hydrogens (tertiary/aromatic N) is 2. The Labute approximate surface area is 166 Å². The molecule has 1 aromatic carbocycles. The molecular formula is C19H24F3N3O4. The molecule has 1 saturated heterocycles. The number of alkyl carbamates (subject to hydrolysis) is 1. The van der Waals surface area contributed by atoms with Crippen LogP contribution in [0.15, 0.2) is 12.1 Å². The highest BCUT2D eigenvalue weighted by atomic mass is 19.2. The summed E-state index contributed by atoms with van der Waals surface area (Å²) in [4.78, 5) is 38.9. The van der Waals surface area contributed by atoms with E-state index in [1.807, 2.05) is 0 Å². The third-order valence-electron chi connectivity index (χ3n) is 4.19. The molecule has 0 radical (unpaired) electrons. The zero-order chi connectivity index (χ0) is 21.8. The highest BCUT2D eigenvalue weighted by Gasteiger charge is 2.28.